The molecule has 4 aromatic rings. The van der Waals surface area contributed by atoms with E-state index in [0.717, 1.165) is 11.8 Å². The molecule has 0 aliphatic heterocycles. The molecule has 0 saturated heterocycles. The fourth-order valence-corrected chi connectivity index (χ4v) is 2.97. The third-order valence-electron chi connectivity index (χ3n) is 4.67. The zero-order valence-electron chi connectivity index (χ0n) is 17.9. The Hall–Kier alpha value is -4.53. The van der Waals surface area contributed by atoms with Crippen LogP contribution in [0.25, 0.3) is 0 Å². The second-order valence-corrected chi connectivity index (χ2v) is 7.35. The van der Waals surface area contributed by atoms with Crippen molar-refractivity contribution in [1.29, 1.82) is 0 Å². The van der Waals surface area contributed by atoms with Crippen LogP contribution in [0.4, 0.5) is 33.2 Å². The molecule has 9 heteroatoms. The maximum Gasteiger partial charge on any atom is 0.252 e. The summed E-state index contributed by atoms with van der Waals surface area (Å²) in [6, 6.07) is 16.3. The summed E-state index contributed by atoms with van der Waals surface area (Å²) >= 11 is 0. The van der Waals surface area contributed by atoms with Gasteiger partial charge in [0.25, 0.3) is 5.91 Å². The standard InChI is InChI=1S/C24H22FN7O/c1-16-7-9-18(10-8-16)28-22-21(25)14-26-24(31-22)30-20-6-3-5-19(13-20)29-23(33)17(2)15-32-12-4-11-27-32/h3-14H,2,15H2,1H3,(H,29,33)(H2,26,28,30,31). The van der Waals surface area contributed by atoms with Crippen molar-refractivity contribution in [2.45, 2.75) is 13.5 Å². The molecule has 0 saturated carbocycles. The van der Waals surface area contributed by atoms with Gasteiger partial charge in [0, 0.05) is 35.0 Å². The van der Waals surface area contributed by atoms with Crippen LogP contribution in [-0.2, 0) is 11.3 Å². The van der Waals surface area contributed by atoms with E-state index in [1.54, 1.807) is 47.4 Å². The van der Waals surface area contributed by atoms with Gasteiger partial charge in [-0.05, 0) is 43.3 Å². The minimum atomic E-state index is -0.571. The Balaban J connectivity index is 1.43. The predicted octanol–water partition coefficient (Wildman–Crippen LogP) is 4.80. The monoisotopic (exact) mass is 443 g/mol. The second kappa shape index (κ2) is 9.73. The van der Waals surface area contributed by atoms with Gasteiger partial charge >= 0.3 is 0 Å². The lowest BCUT2D eigenvalue weighted by Crippen LogP contribution is -2.17. The first-order valence-electron chi connectivity index (χ1n) is 10.2. The Kier molecular flexibility index (Phi) is 6.40. The van der Waals surface area contributed by atoms with Crippen molar-refractivity contribution in [2.75, 3.05) is 16.0 Å². The van der Waals surface area contributed by atoms with E-state index in [9.17, 15) is 9.18 Å². The average molecular weight is 443 g/mol. The van der Waals surface area contributed by atoms with E-state index < -0.39 is 5.82 Å². The highest BCUT2D eigenvalue weighted by molar-refractivity contribution is 6.03. The number of carbonyl (C=O) groups is 1. The number of anilines is 5. The van der Waals surface area contributed by atoms with E-state index in [1.165, 1.54) is 0 Å². The minimum Gasteiger partial charge on any atom is -0.338 e. The molecule has 1 amide bonds. The molecule has 0 radical (unpaired) electrons. The summed E-state index contributed by atoms with van der Waals surface area (Å²) in [5, 5.41) is 12.9. The van der Waals surface area contributed by atoms with E-state index in [-0.39, 0.29) is 24.2 Å². The lowest BCUT2D eigenvalue weighted by atomic mass is 10.2. The summed E-state index contributed by atoms with van der Waals surface area (Å²) in [7, 11) is 0. The summed E-state index contributed by atoms with van der Waals surface area (Å²) in [4.78, 5) is 20.7. The third kappa shape index (κ3) is 5.79. The Morgan fingerprint density at radius 2 is 1.85 bits per heavy atom. The van der Waals surface area contributed by atoms with E-state index in [2.05, 4.69) is 37.6 Å². The van der Waals surface area contributed by atoms with Crippen LogP contribution < -0.4 is 16.0 Å². The van der Waals surface area contributed by atoms with Gasteiger partial charge in [-0.15, -0.1) is 0 Å². The molecule has 2 aromatic carbocycles. The molecule has 0 fully saturated rings. The number of benzene rings is 2. The largest absolute Gasteiger partial charge is 0.338 e. The maximum absolute atomic E-state index is 14.2. The molecule has 2 heterocycles. The molecule has 0 aliphatic rings. The topological polar surface area (TPSA) is 96.8 Å². The van der Waals surface area contributed by atoms with Crippen LogP contribution in [0, 0.1) is 12.7 Å². The Labute approximate surface area is 190 Å². The van der Waals surface area contributed by atoms with Crippen molar-refractivity contribution in [3.63, 3.8) is 0 Å². The zero-order chi connectivity index (χ0) is 23.2. The molecule has 2 aromatic heterocycles. The number of halogens is 1. The van der Waals surface area contributed by atoms with Crippen LogP contribution in [0.3, 0.4) is 0 Å². The van der Waals surface area contributed by atoms with E-state index in [4.69, 9.17) is 0 Å². The van der Waals surface area contributed by atoms with Gasteiger partial charge < -0.3 is 16.0 Å². The molecule has 0 spiro atoms. The predicted molar refractivity (Wildman–Crippen MR) is 126 cm³/mol. The molecule has 0 atom stereocenters. The smallest absolute Gasteiger partial charge is 0.252 e. The molecule has 0 unspecified atom stereocenters. The summed E-state index contributed by atoms with van der Waals surface area (Å²) in [5.74, 6) is -0.628. The first kappa shape index (κ1) is 21.7. The van der Waals surface area contributed by atoms with Crippen molar-refractivity contribution >= 4 is 34.7 Å². The van der Waals surface area contributed by atoms with Gasteiger partial charge in [-0.1, -0.05) is 30.3 Å². The molecule has 0 aliphatic carbocycles. The number of rotatable bonds is 8. The van der Waals surface area contributed by atoms with Crippen LogP contribution in [0.1, 0.15) is 5.56 Å². The minimum absolute atomic E-state index is 0.0516. The number of carbonyl (C=O) groups excluding carboxylic acids is 1. The van der Waals surface area contributed by atoms with Gasteiger partial charge in [0.2, 0.25) is 5.95 Å². The summed E-state index contributed by atoms with van der Waals surface area (Å²) in [5.41, 5.74) is 3.36. The SMILES string of the molecule is C=C(Cn1cccn1)C(=O)Nc1cccc(Nc2ncc(F)c(Nc3ccc(C)cc3)n2)c1. The van der Waals surface area contributed by atoms with E-state index in [1.807, 2.05) is 31.2 Å². The van der Waals surface area contributed by atoms with Gasteiger partial charge in [0.15, 0.2) is 11.6 Å². The van der Waals surface area contributed by atoms with Crippen molar-refractivity contribution in [1.82, 2.24) is 19.7 Å². The van der Waals surface area contributed by atoms with E-state index in [0.29, 0.717) is 22.6 Å². The van der Waals surface area contributed by atoms with Gasteiger partial charge in [-0.2, -0.15) is 10.1 Å². The van der Waals surface area contributed by atoms with Gasteiger partial charge in [0.1, 0.15) is 0 Å². The van der Waals surface area contributed by atoms with Gasteiger partial charge in [-0.25, -0.2) is 9.37 Å². The van der Waals surface area contributed by atoms with Crippen molar-refractivity contribution in [2.24, 2.45) is 0 Å². The zero-order valence-corrected chi connectivity index (χ0v) is 17.9. The molecule has 33 heavy (non-hydrogen) atoms. The first-order valence-corrected chi connectivity index (χ1v) is 10.2. The number of aryl methyl sites for hydroxylation is 1. The van der Waals surface area contributed by atoms with Crippen molar-refractivity contribution < 1.29 is 9.18 Å². The summed E-state index contributed by atoms with van der Waals surface area (Å²) in [6.07, 6.45) is 4.49. The van der Waals surface area contributed by atoms with Crippen molar-refractivity contribution in [3.05, 3.63) is 96.7 Å². The molecule has 4 rings (SSSR count). The summed E-state index contributed by atoms with van der Waals surface area (Å²) in [6.45, 7) is 6.09. The molecule has 166 valence electrons. The number of aromatic nitrogens is 4. The molecule has 3 N–H and O–H groups in total. The maximum atomic E-state index is 14.2. The van der Waals surface area contributed by atoms with Crippen LogP contribution in [0.5, 0.6) is 0 Å². The van der Waals surface area contributed by atoms with Crippen molar-refractivity contribution in [3.8, 4) is 0 Å². The highest BCUT2D eigenvalue weighted by Crippen LogP contribution is 2.22. The van der Waals surface area contributed by atoms with E-state index >= 15 is 0 Å². The number of nitrogens with one attached hydrogen (secondary N) is 3. The van der Waals surface area contributed by atoms with Crippen LogP contribution in [-0.4, -0.2) is 25.7 Å². The quantitative estimate of drug-likeness (QED) is 0.339. The number of hydrogen-bond acceptors (Lipinski definition) is 6. The molecule has 0 bridgehead atoms. The van der Waals surface area contributed by atoms with Crippen LogP contribution in [0.15, 0.2) is 85.3 Å². The normalized spacial score (nSPS) is 10.5. The fraction of sp³-hybridized carbons (Fsp3) is 0.0833. The van der Waals surface area contributed by atoms with Crippen LogP contribution >= 0.6 is 0 Å². The lowest BCUT2D eigenvalue weighted by molar-refractivity contribution is -0.113. The molecular formula is C24H22FN7O. The first-order chi connectivity index (χ1) is 16.0. The number of nitrogens with zero attached hydrogens (tertiary/aromatic N) is 4. The lowest BCUT2D eigenvalue weighted by Gasteiger charge is -2.11. The highest BCUT2D eigenvalue weighted by Gasteiger charge is 2.11. The molecular weight excluding hydrogens is 421 g/mol. The van der Waals surface area contributed by atoms with Crippen LogP contribution in [0.2, 0.25) is 0 Å². The molecule has 8 nitrogen and oxygen atoms in total. The Morgan fingerprint density at radius 3 is 2.61 bits per heavy atom. The highest BCUT2D eigenvalue weighted by atomic mass is 19.1. The van der Waals surface area contributed by atoms with Gasteiger partial charge in [-0.3, -0.25) is 9.48 Å². The second-order valence-electron chi connectivity index (χ2n) is 7.35. The third-order valence-corrected chi connectivity index (χ3v) is 4.67. The Morgan fingerprint density at radius 1 is 1.06 bits per heavy atom. The van der Waals surface area contributed by atoms with Gasteiger partial charge in [0.05, 0.1) is 12.7 Å². The number of hydrogen-bond donors (Lipinski definition) is 3. The Bertz CT molecular complexity index is 1270. The average Bonchev–Trinajstić information content (AvgIpc) is 3.31. The fourth-order valence-electron chi connectivity index (χ4n) is 2.97. The summed E-state index contributed by atoms with van der Waals surface area (Å²) < 4.78 is 15.8. The number of amides is 1.